The van der Waals surface area contributed by atoms with Crippen LogP contribution in [0.2, 0.25) is 0 Å². The molecule has 0 amide bonds. The minimum Gasteiger partial charge on any atom is -0.456 e. The Kier molecular flexibility index (Phi) is 6.56. The van der Waals surface area contributed by atoms with Gasteiger partial charge in [0, 0.05) is 43.8 Å². The molecular weight excluding hydrogens is 687 g/mol. The number of fused-ring (bicyclic) bond motifs is 9. The first-order valence-corrected chi connectivity index (χ1v) is 18.8. The molecule has 0 unspecified atom stereocenters. The highest BCUT2D eigenvalue weighted by molar-refractivity contribution is 6.21. The van der Waals surface area contributed by atoms with Crippen molar-refractivity contribution < 1.29 is 8.83 Å². The zero-order chi connectivity index (χ0) is 36.7. The lowest BCUT2D eigenvalue weighted by Gasteiger charge is -2.12. The van der Waals surface area contributed by atoms with E-state index in [1.165, 1.54) is 5.39 Å². The summed E-state index contributed by atoms with van der Waals surface area (Å²) in [6.45, 7) is 0. The average Bonchev–Trinajstić information content (AvgIpc) is 3.83. The van der Waals surface area contributed by atoms with Crippen molar-refractivity contribution in [1.29, 1.82) is 0 Å². The monoisotopic (exact) mass is 715 g/mol. The standard InChI is InChI=1S/C51H29N3O2/c1-3-12-32-26-36(22-20-30(32)10-1)49-52-50(37-23-21-31-11-2-4-13-33(31)27-37)54-51(53-49)41-25-24-39(48-47(41)40-16-7-8-18-43(40)56-48)38-17-9-19-44-46(38)42-28-34-14-5-6-15-35(34)29-45(42)55-44/h1-29H. The van der Waals surface area contributed by atoms with Crippen molar-refractivity contribution in [2.75, 3.05) is 0 Å². The second kappa shape index (κ2) is 11.9. The smallest absolute Gasteiger partial charge is 0.164 e. The van der Waals surface area contributed by atoms with E-state index in [-0.39, 0.29) is 0 Å². The molecule has 5 heteroatoms. The van der Waals surface area contributed by atoms with Crippen LogP contribution < -0.4 is 0 Å². The Morgan fingerprint density at radius 2 is 0.857 bits per heavy atom. The predicted octanol–water partition coefficient (Wildman–Crippen LogP) is 13.8. The van der Waals surface area contributed by atoms with Crippen LogP contribution in [-0.4, -0.2) is 15.0 Å². The van der Waals surface area contributed by atoms with Crippen molar-refractivity contribution in [3.05, 3.63) is 176 Å². The molecule has 0 spiro atoms. The van der Waals surface area contributed by atoms with E-state index in [1.807, 2.05) is 18.2 Å². The first-order chi connectivity index (χ1) is 27.7. The maximum atomic E-state index is 6.83. The summed E-state index contributed by atoms with van der Waals surface area (Å²) in [5.74, 6) is 1.79. The van der Waals surface area contributed by atoms with Crippen LogP contribution >= 0.6 is 0 Å². The third-order valence-electron chi connectivity index (χ3n) is 11.1. The second-order valence-electron chi connectivity index (χ2n) is 14.4. The maximum Gasteiger partial charge on any atom is 0.164 e. The number of benzene rings is 9. The van der Waals surface area contributed by atoms with Gasteiger partial charge in [-0.3, -0.25) is 0 Å². The summed E-state index contributed by atoms with van der Waals surface area (Å²) in [4.78, 5) is 15.6. The van der Waals surface area contributed by atoms with Gasteiger partial charge in [-0.1, -0.05) is 127 Å². The Morgan fingerprint density at radius 3 is 1.55 bits per heavy atom. The van der Waals surface area contributed by atoms with E-state index in [2.05, 4.69) is 158 Å². The molecule has 9 aromatic carbocycles. The maximum absolute atomic E-state index is 6.83. The number of aromatic nitrogens is 3. The zero-order valence-electron chi connectivity index (χ0n) is 29.9. The molecule has 0 fully saturated rings. The molecule has 12 rings (SSSR count). The van der Waals surface area contributed by atoms with Gasteiger partial charge in [0.15, 0.2) is 17.5 Å². The molecule has 3 heterocycles. The molecule has 0 saturated heterocycles. The first kappa shape index (κ1) is 30.8. The summed E-state index contributed by atoms with van der Waals surface area (Å²) in [6.07, 6.45) is 0. The second-order valence-corrected chi connectivity index (χ2v) is 14.4. The molecule has 0 radical (unpaired) electrons. The van der Waals surface area contributed by atoms with Gasteiger partial charge < -0.3 is 8.83 Å². The lowest BCUT2D eigenvalue weighted by Crippen LogP contribution is -2.00. The van der Waals surface area contributed by atoms with Crippen LogP contribution in [0.1, 0.15) is 0 Å². The van der Waals surface area contributed by atoms with Gasteiger partial charge in [0.2, 0.25) is 0 Å². The van der Waals surface area contributed by atoms with Gasteiger partial charge >= 0.3 is 0 Å². The van der Waals surface area contributed by atoms with Crippen LogP contribution in [0, 0.1) is 0 Å². The number of hydrogen-bond donors (Lipinski definition) is 0. The number of para-hydroxylation sites is 1. The third kappa shape index (κ3) is 4.78. The topological polar surface area (TPSA) is 65.0 Å². The number of rotatable bonds is 4. The summed E-state index contributed by atoms with van der Waals surface area (Å²) in [5, 5.41) is 11.0. The fourth-order valence-corrected chi connectivity index (χ4v) is 8.37. The Bertz CT molecular complexity index is 3460. The molecule has 0 aliphatic heterocycles. The van der Waals surface area contributed by atoms with E-state index in [9.17, 15) is 0 Å². The molecule has 5 nitrogen and oxygen atoms in total. The van der Waals surface area contributed by atoms with Crippen LogP contribution in [0.5, 0.6) is 0 Å². The van der Waals surface area contributed by atoms with Gasteiger partial charge in [-0.2, -0.15) is 0 Å². The quantitative estimate of drug-likeness (QED) is 0.181. The van der Waals surface area contributed by atoms with Crippen molar-refractivity contribution in [2.45, 2.75) is 0 Å². The summed E-state index contributed by atoms with van der Waals surface area (Å²) in [6, 6.07) is 61.0. The van der Waals surface area contributed by atoms with Crippen molar-refractivity contribution in [2.24, 2.45) is 0 Å². The van der Waals surface area contributed by atoms with E-state index in [1.54, 1.807) is 0 Å². The molecule has 260 valence electrons. The fraction of sp³-hybridized carbons (Fsp3) is 0. The van der Waals surface area contributed by atoms with E-state index in [0.717, 1.165) is 98.6 Å². The van der Waals surface area contributed by atoms with E-state index in [4.69, 9.17) is 23.8 Å². The molecule has 0 atom stereocenters. The normalized spacial score (nSPS) is 11.9. The van der Waals surface area contributed by atoms with E-state index < -0.39 is 0 Å². The van der Waals surface area contributed by atoms with Crippen LogP contribution in [0.25, 0.3) is 121 Å². The number of nitrogens with zero attached hydrogens (tertiary/aromatic N) is 3. The molecule has 12 aromatic rings. The molecule has 0 aliphatic carbocycles. The van der Waals surface area contributed by atoms with Crippen molar-refractivity contribution in [1.82, 2.24) is 15.0 Å². The molecule has 56 heavy (non-hydrogen) atoms. The summed E-state index contributed by atoms with van der Waals surface area (Å²) < 4.78 is 13.3. The van der Waals surface area contributed by atoms with Crippen LogP contribution in [0.4, 0.5) is 0 Å². The fourth-order valence-electron chi connectivity index (χ4n) is 8.37. The summed E-state index contributed by atoms with van der Waals surface area (Å²) in [7, 11) is 0. The van der Waals surface area contributed by atoms with Gasteiger partial charge in [0.1, 0.15) is 22.3 Å². The molecule has 0 saturated carbocycles. The van der Waals surface area contributed by atoms with Crippen molar-refractivity contribution in [3.63, 3.8) is 0 Å². The van der Waals surface area contributed by atoms with Gasteiger partial charge in [-0.05, 0) is 86.4 Å². The average molecular weight is 716 g/mol. The highest BCUT2D eigenvalue weighted by atomic mass is 16.3. The Balaban J connectivity index is 1.12. The van der Waals surface area contributed by atoms with Crippen LogP contribution in [0.3, 0.4) is 0 Å². The molecule has 0 bridgehead atoms. The minimum absolute atomic E-state index is 0.577. The van der Waals surface area contributed by atoms with Crippen molar-refractivity contribution in [3.8, 4) is 45.3 Å². The minimum atomic E-state index is 0.577. The van der Waals surface area contributed by atoms with Crippen LogP contribution in [0.15, 0.2) is 185 Å². The molecule has 0 N–H and O–H groups in total. The lowest BCUT2D eigenvalue weighted by atomic mass is 9.94. The number of hydrogen-bond acceptors (Lipinski definition) is 5. The van der Waals surface area contributed by atoms with Gasteiger partial charge in [-0.25, -0.2) is 15.0 Å². The largest absolute Gasteiger partial charge is 0.456 e. The predicted molar refractivity (Wildman–Crippen MR) is 229 cm³/mol. The van der Waals surface area contributed by atoms with E-state index in [0.29, 0.717) is 17.5 Å². The summed E-state index contributed by atoms with van der Waals surface area (Å²) >= 11 is 0. The SMILES string of the molecule is c1ccc2cc(-c3nc(-c4ccc5ccccc5c4)nc(-c4ccc(-c5cccc6oc7cc8ccccc8cc7c56)c5oc6ccccc6c45)n3)ccc2c1. The molecule has 3 aromatic heterocycles. The van der Waals surface area contributed by atoms with Crippen LogP contribution in [-0.2, 0) is 0 Å². The van der Waals surface area contributed by atoms with Gasteiger partial charge in [-0.15, -0.1) is 0 Å². The lowest BCUT2D eigenvalue weighted by molar-refractivity contribution is 0.669. The Hall–Kier alpha value is -7.63. The molecular formula is C51H29N3O2. The zero-order valence-corrected chi connectivity index (χ0v) is 29.9. The first-order valence-electron chi connectivity index (χ1n) is 18.8. The van der Waals surface area contributed by atoms with Gasteiger partial charge in [0.05, 0.1) is 0 Å². The Morgan fingerprint density at radius 1 is 0.304 bits per heavy atom. The van der Waals surface area contributed by atoms with Gasteiger partial charge in [0.25, 0.3) is 0 Å². The highest BCUT2D eigenvalue weighted by Crippen LogP contribution is 2.45. The highest BCUT2D eigenvalue weighted by Gasteiger charge is 2.23. The van der Waals surface area contributed by atoms with Crippen molar-refractivity contribution >= 4 is 76.2 Å². The van der Waals surface area contributed by atoms with E-state index >= 15 is 0 Å². The Labute approximate surface area is 320 Å². The summed E-state index contributed by atoms with van der Waals surface area (Å²) in [5.41, 5.74) is 7.98. The molecule has 0 aliphatic rings. The third-order valence-corrected chi connectivity index (χ3v) is 11.1. The number of furan rings is 2.